The third kappa shape index (κ3) is 3.99. The molecule has 2 atom stereocenters. The van der Waals surface area contributed by atoms with Crippen molar-refractivity contribution in [3.63, 3.8) is 0 Å². The minimum Gasteiger partial charge on any atom is -0.353 e. The highest BCUT2D eigenvalue weighted by molar-refractivity contribution is 5.96. The molecule has 2 aromatic carbocycles. The van der Waals surface area contributed by atoms with Crippen molar-refractivity contribution in [2.75, 3.05) is 11.9 Å². The number of hydrogen-bond donors (Lipinski definition) is 1. The van der Waals surface area contributed by atoms with E-state index in [1.807, 2.05) is 31.2 Å². The number of anilines is 1. The molecule has 29 heavy (non-hydrogen) atoms. The second kappa shape index (κ2) is 8.26. The highest BCUT2D eigenvalue weighted by Crippen LogP contribution is 2.39. The maximum Gasteiger partial charge on any atom is 0.246 e. The zero-order chi connectivity index (χ0) is 20.4. The van der Waals surface area contributed by atoms with Gasteiger partial charge >= 0.3 is 0 Å². The minimum absolute atomic E-state index is 0.0333. The van der Waals surface area contributed by atoms with Crippen LogP contribution in [0.3, 0.4) is 0 Å². The van der Waals surface area contributed by atoms with Gasteiger partial charge in [0.15, 0.2) is 0 Å². The predicted molar refractivity (Wildman–Crippen MR) is 118 cm³/mol. The average Bonchev–Trinajstić information content (AvgIpc) is 3.34. The number of carbonyl (C=O) groups excluding carboxylic acids is 1. The molecule has 150 valence electrons. The number of rotatable bonds is 5. The smallest absolute Gasteiger partial charge is 0.246 e. The lowest BCUT2D eigenvalue weighted by Gasteiger charge is -2.33. The molecule has 4 heteroatoms. The quantitative estimate of drug-likeness (QED) is 0.657. The van der Waals surface area contributed by atoms with Gasteiger partial charge < -0.3 is 9.88 Å². The number of aryl methyl sites for hydroxylation is 3. The van der Waals surface area contributed by atoms with Crippen LogP contribution in [0.4, 0.5) is 5.69 Å². The molecule has 0 aliphatic carbocycles. The fraction of sp³-hybridized carbons (Fsp3) is 0.320. The molecular weight excluding hydrogens is 358 g/mol. The van der Waals surface area contributed by atoms with E-state index in [0.717, 1.165) is 41.8 Å². The van der Waals surface area contributed by atoms with Gasteiger partial charge in [0.1, 0.15) is 6.04 Å². The normalized spacial score (nSPS) is 18.0. The largest absolute Gasteiger partial charge is 0.353 e. The van der Waals surface area contributed by atoms with Crippen LogP contribution in [0.15, 0.2) is 66.9 Å². The number of benzene rings is 2. The number of carbonyl (C=O) groups is 1. The van der Waals surface area contributed by atoms with Crippen LogP contribution in [0.5, 0.6) is 0 Å². The SMILES string of the molecule is Cc1ccc(C)c(NC(=O)[C@H](c2ccccc2)N2CCC[C@@H]2c2cccn2C)c1. The van der Waals surface area contributed by atoms with Crippen LogP contribution in [-0.4, -0.2) is 21.9 Å². The second-order valence-electron chi connectivity index (χ2n) is 8.06. The molecule has 3 aromatic rings. The first-order valence-corrected chi connectivity index (χ1v) is 10.3. The molecule has 1 aliphatic heterocycles. The lowest BCUT2D eigenvalue weighted by molar-refractivity contribution is -0.122. The molecule has 0 saturated carbocycles. The standard InChI is InChI=1S/C25H29N3O/c1-18-13-14-19(2)21(17-18)26-25(29)24(20-9-5-4-6-10-20)28-16-8-12-23(28)22-11-7-15-27(22)3/h4-7,9-11,13-15,17,23-24H,8,12,16H2,1-3H3,(H,26,29)/t23-,24+/m1/s1. The molecule has 2 heterocycles. The Bertz CT molecular complexity index is 992. The fourth-order valence-electron chi connectivity index (χ4n) is 4.44. The van der Waals surface area contributed by atoms with Gasteiger partial charge in [0.25, 0.3) is 0 Å². The zero-order valence-electron chi connectivity index (χ0n) is 17.4. The summed E-state index contributed by atoms with van der Waals surface area (Å²) in [6.45, 7) is 5.00. The summed E-state index contributed by atoms with van der Waals surface area (Å²) >= 11 is 0. The van der Waals surface area contributed by atoms with Crippen molar-refractivity contribution in [3.8, 4) is 0 Å². The Labute approximate surface area is 173 Å². The third-order valence-corrected chi connectivity index (χ3v) is 5.97. The number of nitrogens with zero attached hydrogens (tertiary/aromatic N) is 2. The van der Waals surface area contributed by atoms with Crippen LogP contribution in [0.25, 0.3) is 0 Å². The van der Waals surface area contributed by atoms with Crippen LogP contribution in [0.2, 0.25) is 0 Å². The molecule has 1 saturated heterocycles. The summed E-state index contributed by atoms with van der Waals surface area (Å²) in [5.74, 6) is 0.0333. The van der Waals surface area contributed by atoms with E-state index in [1.54, 1.807) is 0 Å². The highest BCUT2D eigenvalue weighted by atomic mass is 16.2. The van der Waals surface area contributed by atoms with Crippen molar-refractivity contribution in [3.05, 3.63) is 89.2 Å². The molecule has 1 aliphatic rings. The summed E-state index contributed by atoms with van der Waals surface area (Å²) in [6, 6.07) is 20.5. The van der Waals surface area contributed by atoms with E-state index < -0.39 is 0 Å². The van der Waals surface area contributed by atoms with Gasteiger partial charge in [-0.2, -0.15) is 0 Å². The Morgan fingerprint density at radius 2 is 1.86 bits per heavy atom. The van der Waals surface area contributed by atoms with E-state index in [9.17, 15) is 4.79 Å². The first-order valence-electron chi connectivity index (χ1n) is 10.3. The molecule has 4 rings (SSSR count). The molecule has 1 fully saturated rings. The van der Waals surface area contributed by atoms with Gasteiger partial charge in [0, 0.05) is 24.6 Å². The third-order valence-electron chi connectivity index (χ3n) is 5.97. The number of aromatic nitrogens is 1. The van der Waals surface area contributed by atoms with Crippen molar-refractivity contribution in [2.45, 2.75) is 38.8 Å². The summed E-state index contributed by atoms with van der Waals surface area (Å²) in [7, 11) is 2.08. The number of amides is 1. The predicted octanol–water partition coefficient (Wildman–Crippen LogP) is 5.16. The monoisotopic (exact) mass is 387 g/mol. The Balaban J connectivity index is 1.69. The second-order valence-corrected chi connectivity index (χ2v) is 8.06. The Morgan fingerprint density at radius 3 is 2.59 bits per heavy atom. The first kappa shape index (κ1) is 19.5. The van der Waals surface area contributed by atoms with Gasteiger partial charge in [-0.25, -0.2) is 0 Å². The average molecular weight is 388 g/mol. The molecule has 0 bridgehead atoms. The van der Waals surface area contributed by atoms with E-state index in [4.69, 9.17) is 0 Å². The number of hydrogen-bond acceptors (Lipinski definition) is 2. The van der Waals surface area contributed by atoms with Gasteiger partial charge in [0.2, 0.25) is 5.91 Å². The summed E-state index contributed by atoms with van der Waals surface area (Å²) in [5.41, 5.74) is 5.42. The maximum atomic E-state index is 13.6. The molecule has 0 unspecified atom stereocenters. The zero-order valence-corrected chi connectivity index (χ0v) is 17.4. The van der Waals surface area contributed by atoms with E-state index in [2.05, 4.69) is 71.4 Å². The van der Waals surface area contributed by atoms with Crippen LogP contribution in [0, 0.1) is 13.8 Å². The van der Waals surface area contributed by atoms with Crippen molar-refractivity contribution >= 4 is 11.6 Å². The van der Waals surface area contributed by atoms with Gasteiger partial charge in [-0.15, -0.1) is 0 Å². The van der Waals surface area contributed by atoms with E-state index in [1.165, 1.54) is 5.69 Å². The van der Waals surface area contributed by atoms with E-state index >= 15 is 0 Å². The Morgan fingerprint density at radius 1 is 1.07 bits per heavy atom. The summed E-state index contributed by atoms with van der Waals surface area (Å²) in [6.07, 6.45) is 4.24. The van der Waals surface area contributed by atoms with Gasteiger partial charge in [-0.05, 0) is 68.1 Å². The maximum absolute atomic E-state index is 13.6. The summed E-state index contributed by atoms with van der Waals surface area (Å²) in [5, 5.41) is 3.22. The van der Waals surface area contributed by atoms with Crippen molar-refractivity contribution in [1.29, 1.82) is 0 Å². The van der Waals surface area contributed by atoms with Crippen molar-refractivity contribution < 1.29 is 4.79 Å². The van der Waals surface area contributed by atoms with Crippen LogP contribution < -0.4 is 5.32 Å². The molecule has 0 radical (unpaired) electrons. The minimum atomic E-state index is -0.321. The summed E-state index contributed by atoms with van der Waals surface area (Å²) in [4.78, 5) is 16.0. The van der Waals surface area contributed by atoms with Crippen LogP contribution in [0.1, 0.15) is 47.3 Å². The van der Waals surface area contributed by atoms with Crippen molar-refractivity contribution in [2.24, 2.45) is 7.05 Å². The van der Waals surface area contributed by atoms with Gasteiger partial charge in [0.05, 0.1) is 6.04 Å². The molecular formula is C25H29N3O. The summed E-state index contributed by atoms with van der Waals surface area (Å²) < 4.78 is 2.17. The van der Waals surface area contributed by atoms with Crippen LogP contribution >= 0.6 is 0 Å². The molecule has 1 N–H and O–H groups in total. The van der Waals surface area contributed by atoms with Gasteiger partial charge in [-0.1, -0.05) is 42.5 Å². The lowest BCUT2D eigenvalue weighted by Crippen LogP contribution is -2.37. The highest BCUT2D eigenvalue weighted by Gasteiger charge is 2.37. The Hall–Kier alpha value is -2.85. The van der Waals surface area contributed by atoms with Crippen molar-refractivity contribution in [1.82, 2.24) is 9.47 Å². The van der Waals surface area contributed by atoms with Crippen LogP contribution in [-0.2, 0) is 11.8 Å². The first-order chi connectivity index (χ1) is 14.0. The van der Waals surface area contributed by atoms with Gasteiger partial charge in [-0.3, -0.25) is 9.69 Å². The Kier molecular flexibility index (Phi) is 5.54. The molecule has 4 nitrogen and oxygen atoms in total. The fourth-order valence-corrected chi connectivity index (χ4v) is 4.44. The lowest BCUT2D eigenvalue weighted by atomic mass is 10.0. The van der Waals surface area contributed by atoms with E-state index in [0.29, 0.717) is 0 Å². The molecule has 1 aromatic heterocycles. The number of nitrogens with one attached hydrogen (secondary N) is 1. The molecule has 1 amide bonds. The number of likely N-dealkylation sites (tertiary alicyclic amines) is 1. The molecule has 0 spiro atoms. The van der Waals surface area contributed by atoms with E-state index in [-0.39, 0.29) is 18.0 Å². The topological polar surface area (TPSA) is 37.3 Å².